The Hall–Kier alpha value is -2.26. The fraction of sp³-hybridized carbons (Fsp3) is 0.611. The third-order valence-electron chi connectivity index (χ3n) is 9.74. The van der Waals surface area contributed by atoms with E-state index in [0.29, 0.717) is 0 Å². The summed E-state index contributed by atoms with van der Waals surface area (Å²) < 4.78 is 7.27. The minimum absolute atomic E-state index is 0.0513. The van der Waals surface area contributed by atoms with Crippen molar-refractivity contribution in [3.8, 4) is 6.07 Å². The molecule has 0 amide bonds. The monoisotopic (exact) mass is 572 g/mol. The molecule has 0 spiro atoms. The summed E-state index contributed by atoms with van der Waals surface area (Å²) in [7, 11) is -2.09. The molecule has 222 valence electrons. The lowest BCUT2D eigenvalue weighted by atomic mass is 9.71. The molecule has 1 aromatic carbocycles. The second kappa shape index (κ2) is 11.1. The minimum atomic E-state index is -2.09. The van der Waals surface area contributed by atoms with Gasteiger partial charge in [0.25, 0.3) is 0 Å². The van der Waals surface area contributed by atoms with Gasteiger partial charge >= 0.3 is 0 Å². The van der Waals surface area contributed by atoms with Crippen LogP contribution in [0.1, 0.15) is 145 Å². The SMILES string of the molecule is CC(C)c1nc2c(c(C3=CCCC3)c1[C@@H](O)c1ccc(C(C)(C)C#N)cc1)[C@@H](O[Si](C)(C)C(C)(C)C)CC(C)(C)C2. The van der Waals surface area contributed by atoms with Crippen LogP contribution in [0.25, 0.3) is 5.57 Å². The van der Waals surface area contributed by atoms with Gasteiger partial charge in [0, 0.05) is 22.5 Å². The molecular formula is C36H52N2O2Si. The van der Waals surface area contributed by atoms with Crippen LogP contribution in [0.3, 0.4) is 0 Å². The summed E-state index contributed by atoms with van der Waals surface area (Å²) in [6.07, 6.45) is 6.59. The molecular weight excluding hydrogens is 520 g/mol. The maximum Gasteiger partial charge on any atom is 0.192 e. The summed E-state index contributed by atoms with van der Waals surface area (Å²) in [6.45, 7) is 24.5. The van der Waals surface area contributed by atoms with Crippen molar-refractivity contribution < 1.29 is 9.53 Å². The zero-order valence-corrected chi connectivity index (χ0v) is 28.4. The number of aliphatic hydroxyl groups excluding tert-OH is 1. The topological polar surface area (TPSA) is 66.1 Å². The maximum absolute atomic E-state index is 12.2. The van der Waals surface area contributed by atoms with Crippen molar-refractivity contribution in [1.29, 1.82) is 5.26 Å². The van der Waals surface area contributed by atoms with Crippen molar-refractivity contribution >= 4 is 13.9 Å². The Labute approximate surface area is 250 Å². The number of hydrogen-bond donors (Lipinski definition) is 1. The Morgan fingerprint density at radius 3 is 2.24 bits per heavy atom. The molecule has 0 saturated carbocycles. The van der Waals surface area contributed by atoms with Crippen LogP contribution in [0.2, 0.25) is 18.1 Å². The van der Waals surface area contributed by atoms with E-state index in [-0.39, 0.29) is 22.5 Å². The van der Waals surface area contributed by atoms with Crippen molar-refractivity contribution in [1.82, 2.24) is 4.98 Å². The van der Waals surface area contributed by atoms with Gasteiger partial charge in [-0.05, 0) is 97.7 Å². The number of rotatable bonds is 7. The van der Waals surface area contributed by atoms with Gasteiger partial charge in [0.05, 0.1) is 17.6 Å². The number of nitriles is 1. The first-order valence-corrected chi connectivity index (χ1v) is 18.4. The highest BCUT2D eigenvalue weighted by molar-refractivity contribution is 6.74. The average molecular weight is 573 g/mol. The number of pyridine rings is 1. The van der Waals surface area contributed by atoms with Crippen LogP contribution in [-0.4, -0.2) is 18.4 Å². The van der Waals surface area contributed by atoms with E-state index >= 15 is 0 Å². The molecule has 2 atom stereocenters. The molecule has 0 radical (unpaired) electrons. The molecule has 2 aliphatic rings. The first-order valence-electron chi connectivity index (χ1n) is 15.5. The number of fused-ring (bicyclic) bond motifs is 1. The molecule has 1 heterocycles. The summed E-state index contributed by atoms with van der Waals surface area (Å²) in [6, 6.07) is 10.3. The highest BCUT2D eigenvalue weighted by Crippen LogP contribution is 2.52. The third-order valence-corrected chi connectivity index (χ3v) is 14.2. The highest BCUT2D eigenvalue weighted by Gasteiger charge is 2.45. The normalized spacial score (nSPS) is 20.0. The molecule has 4 nitrogen and oxygen atoms in total. The van der Waals surface area contributed by atoms with Gasteiger partial charge in [-0.2, -0.15) is 5.26 Å². The molecule has 0 aliphatic heterocycles. The fourth-order valence-corrected chi connectivity index (χ4v) is 7.47. The molecule has 4 rings (SSSR count). The third kappa shape index (κ3) is 6.26. The second-order valence-electron chi connectivity index (χ2n) is 15.6. The van der Waals surface area contributed by atoms with Crippen molar-refractivity contribution in [2.75, 3.05) is 0 Å². The summed E-state index contributed by atoms with van der Waals surface area (Å²) in [5.41, 5.74) is 8.13. The number of allylic oxidation sites excluding steroid dienone is 2. The number of aliphatic hydroxyl groups is 1. The molecule has 1 aromatic heterocycles. The van der Waals surface area contributed by atoms with Gasteiger partial charge in [-0.1, -0.05) is 78.8 Å². The molecule has 41 heavy (non-hydrogen) atoms. The van der Waals surface area contributed by atoms with E-state index in [1.165, 1.54) is 16.7 Å². The highest BCUT2D eigenvalue weighted by atomic mass is 28.4. The Kier molecular flexibility index (Phi) is 8.57. The van der Waals surface area contributed by atoms with Gasteiger partial charge in [0.2, 0.25) is 0 Å². The van der Waals surface area contributed by atoms with Crippen LogP contribution in [0.4, 0.5) is 0 Å². The summed E-state index contributed by atoms with van der Waals surface area (Å²) in [4.78, 5) is 5.40. The van der Waals surface area contributed by atoms with Crippen LogP contribution >= 0.6 is 0 Å². The molecule has 0 saturated heterocycles. The average Bonchev–Trinajstić information content (AvgIpc) is 3.40. The quantitative estimate of drug-likeness (QED) is 0.335. The van der Waals surface area contributed by atoms with Gasteiger partial charge in [0.1, 0.15) is 6.10 Å². The van der Waals surface area contributed by atoms with Crippen molar-refractivity contribution in [3.63, 3.8) is 0 Å². The lowest BCUT2D eigenvalue weighted by Gasteiger charge is -2.45. The van der Waals surface area contributed by atoms with Crippen LogP contribution in [0, 0.1) is 16.7 Å². The molecule has 2 aromatic rings. The number of benzene rings is 1. The second-order valence-corrected chi connectivity index (χ2v) is 20.4. The first-order chi connectivity index (χ1) is 18.9. The Morgan fingerprint density at radius 2 is 1.73 bits per heavy atom. The number of nitrogens with zero attached hydrogens (tertiary/aromatic N) is 2. The van der Waals surface area contributed by atoms with E-state index in [9.17, 15) is 10.4 Å². The van der Waals surface area contributed by atoms with Gasteiger partial charge < -0.3 is 9.53 Å². The van der Waals surface area contributed by atoms with Gasteiger partial charge in [-0.15, -0.1) is 0 Å². The zero-order chi connectivity index (χ0) is 30.5. The molecule has 1 N–H and O–H groups in total. The lowest BCUT2D eigenvalue weighted by molar-refractivity contribution is 0.105. The van der Waals surface area contributed by atoms with E-state index in [1.54, 1.807) is 0 Å². The van der Waals surface area contributed by atoms with Crippen molar-refractivity contribution in [2.45, 2.75) is 136 Å². The molecule has 5 heteroatoms. The maximum atomic E-state index is 12.2. The minimum Gasteiger partial charge on any atom is -0.410 e. The standard InChI is InChI=1S/C36H52N2O2Si/c1-23(2)32-31(33(39)25-16-18-26(19-17-25)36(8,9)22-37)29(24-14-12-13-15-24)30-27(38-32)20-35(6,7)21-28(30)40-41(10,11)34(3,4)5/h14,16-19,23,28,33,39H,12-13,15,20-21H2,1-11H3/t28-,33-/m0/s1. The first kappa shape index (κ1) is 31.7. The van der Waals surface area contributed by atoms with Crippen LogP contribution < -0.4 is 0 Å². The Bertz CT molecular complexity index is 1350. The van der Waals surface area contributed by atoms with Crippen LogP contribution in [0.5, 0.6) is 0 Å². The zero-order valence-electron chi connectivity index (χ0n) is 27.4. The van der Waals surface area contributed by atoms with E-state index in [1.807, 2.05) is 38.1 Å². The predicted octanol–water partition coefficient (Wildman–Crippen LogP) is 9.69. The van der Waals surface area contributed by atoms with E-state index in [0.717, 1.165) is 60.2 Å². The van der Waals surface area contributed by atoms with Crippen LogP contribution in [-0.2, 0) is 16.3 Å². The van der Waals surface area contributed by atoms with Gasteiger partial charge in [-0.3, -0.25) is 4.98 Å². The Balaban J connectivity index is 1.98. The van der Waals surface area contributed by atoms with Crippen molar-refractivity contribution in [3.05, 3.63) is 69.5 Å². The lowest BCUT2D eigenvalue weighted by Crippen LogP contribution is -2.44. The van der Waals surface area contributed by atoms with E-state index in [4.69, 9.17) is 9.41 Å². The van der Waals surface area contributed by atoms with Gasteiger partial charge in [0.15, 0.2) is 8.32 Å². The molecule has 0 unspecified atom stereocenters. The molecule has 0 bridgehead atoms. The smallest absolute Gasteiger partial charge is 0.192 e. The summed E-state index contributed by atoms with van der Waals surface area (Å²) in [5.74, 6) is 0.160. The van der Waals surface area contributed by atoms with Crippen LogP contribution in [0.15, 0.2) is 30.3 Å². The van der Waals surface area contributed by atoms with Crippen molar-refractivity contribution in [2.24, 2.45) is 5.41 Å². The molecule has 0 fully saturated rings. The van der Waals surface area contributed by atoms with E-state index in [2.05, 4.69) is 73.7 Å². The summed E-state index contributed by atoms with van der Waals surface area (Å²) in [5, 5.41) is 21.9. The largest absolute Gasteiger partial charge is 0.410 e. The molecule has 2 aliphatic carbocycles. The van der Waals surface area contributed by atoms with Gasteiger partial charge in [-0.25, -0.2) is 0 Å². The van der Waals surface area contributed by atoms with E-state index < -0.39 is 19.8 Å². The predicted molar refractivity (Wildman–Crippen MR) is 172 cm³/mol. The number of aromatic nitrogens is 1. The Morgan fingerprint density at radius 1 is 1.10 bits per heavy atom. The fourth-order valence-electron chi connectivity index (χ4n) is 6.20. The summed E-state index contributed by atoms with van der Waals surface area (Å²) >= 11 is 0. The number of hydrogen-bond acceptors (Lipinski definition) is 4.